The van der Waals surface area contributed by atoms with Crippen LogP contribution >= 0.6 is 11.6 Å². The van der Waals surface area contributed by atoms with Gasteiger partial charge in [-0.1, -0.05) is 11.6 Å². The van der Waals surface area contributed by atoms with E-state index >= 15 is 0 Å². The highest BCUT2D eigenvalue weighted by atomic mass is 35.5. The van der Waals surface area contributed by atoms with Crippen LogP contribution in [0.15, 0.2) is 18.2 Å². The molecule has 1 fully saturated rings. The molecule has 1 aliphatic rings. The molecule has 17 heavy (non-hydrogen) atoms. The van der Waals surface area contributed by atoms with Gasteiger partial charge in [0.2, 0.25) is 0 Å². The third kappa shape index (κ3) is 3.11. The summed E-state index contributed by atoms with van der Waals surface area (Å²) in [6.45, 7) is 1.23. The standard InChI is InChI=1S/C12H13ClO4/c13-10-6-8(12(14)15)3-4-11(10)17-7-9-2-1-5-16-9/h3-4,6,9H,1-2,5,7H2,(H,14,15). The molecule has 0 bridgehead atoms. The zero-order valence-corrected chi connectivity index (χ0v) is 9.94. The Morgan fingerprint density at radius 2 is 2.41 bits per heavy atom. The fourth-order valence-corrected chi connectivity index (χ4v) is 1.94. The number of carboxylic acids is 1. The summed E-state index contributed by atoms with van der Waals surface area (Å²) in [4.78, 5) is 10.7. The number of hydrogen-bond acceptors (Lipinski definition) is 3. The van der Waals surface area contributed by atoms with Crippen LogP contribution in [0.1, 0.15) is 23.2 Å². The predicted molar refractivity (Wildman–Crippen MR) is 62.9 cm³/mol. The largest absolute Gasteiger partial charge is 0.489 e. The molecule has 1 aromatic rings. The van der Waals surface area contributed by atoms with E-state index in [9.17, 15) is 4.79 Å². The summed E-state index contributed by atoms with van der Waals surface area (Å²) in [5.74, 6) is -0.509. The summed E-state index contributed by atoms with van der Waals surface area (Å²) in [6.07, 6.45) is 2.16. The highest BCUT2D eigenvalue weighted by Crippen LogP contribution is 2.26. The van der Waals surface area contributed by atoms with Crippen LogP contribution in [0.2, 0.25) is 5.02 Å². The van der Waals surface area contributed by atoms with E-state index in [1.165, 1.54) is 12.1 Å². The van der Waals surface area contributed by atoms with Gasteiger partial charge in [0.1, 0.15) is 12.4 Å². The Morgan fingerprint density at radius 3 is 3.00 bits per heavy atom. The van der Waals surface area contributed by atoms with Gasteiger partial charge >= 0.3 is 5.97 Å². The van der Waals surface area contributed by atoms with Crippen molar-refractivity contribution in [2.24, 2.45) is 0 Å². The summed E-state index contributed by atoms with van der Waals surface area (Å²) in [5, 5.41) is 9.09. The lowest BCUT2D eigenvalue weighted by molar-refractivity contribution is 0.0675. The van der Waals surface area contributed by atoms with Crippen molar-refractivity contribution in [3.63, 3.8) is 0 Å². The predicted octanol–water partition coefficient (Wildman–Crippen LogP) is 2.60. The maximum absolute atomic E-state index is 10.7. The number of aromatic carboxylic acids is 1. The molecule has 0 spiro atoms. The minimum absolute atomic E-state index is 0.116. The van der Waals surface area contributed by atoms with Crippen molar-refractivity contribution < 1.29 is 19.4 Å². The van der Waals surface area contributed by atoms with Crippen molar-refractivity contribution in [1.29, 1.82) is 0 Å². The second kappa shape index (κ2) is 5.38. The Hall–Kier alpha value is -1.26. The smallest absolute Gasteiger partial charge is 0.335 e. The van der Waals surface area contributed by atoms with Crippen LogP contribution in [-0.4, -0.2) is 30.4 Å². The molecule has 1 heterocycles. The average Bonchev–Trinajstić information content (AvgIpc) is 2.80. The number of carbonyl (C=O) groups is 1. The van der Waals surface area contributed by atoms with Gasteiger partial charge in [-0.25, -0.2) is 4.79 Å². The number of hydrogen-bond donors (Lipinski definition) is 1. The van der Waals surface area contributed by atoms with Crippen LogP contribution in [0.3, 0.4) is 0 Å². The molecular weight excluding hydrogens is 244 g/mol. The van der Waals surface area contributed by atoms with Gasteiger partial charge in [0.05, 0.1) is 16.7 Å². The minimum atomic E-state index is -1.00. The summed E-state index contributed by atoms with van der Waals surface area (Å²) in [5.41, 5.74) is 0.152. The van der Waals surface area contributed by atoms with Crippen molar-refractivity contribution in [2.45, 2.75) is 18.9 Å². The minimum Gasteiger partial charge on any atom is -0.489 e. The molecule has 92 valence electrons. The number of benzene rings is 1. The maximum Gasteiger partial charge on any atom is 0.335 e. The molecule has 5 heteroatoms. The highest BCUT2D eigenvalue weighted by Gasteiger charge is 2.17. The van der Waals surface area contributed by atoms with Gasteiger partial charge in [0, 0.05) is 6.61 Å². The quantitative estimate of drug-likeness (QED) is 0.900. The van der Waals surface area contributed by atoms with E-state index in [0.717, 1.165) is 19.4 Å². The summed E-state index contributed by atoms with van der Waals surface area (Å²) < 4.78 is 10.9. The summed E-state index contributed by atoms with van der Waals surface area (Å²) in [6, 6.07) is 4.43. The Labute approximate surface area is 104 Å². The lowest BCUT2D eigenvalue weighted by Crippen LogP contribution is -2.16. The molecule has 2 rings (SSSR count). The first kappa shape index (κ1) is 12.2. The normalized spacial score (nSPS) is 19.2. The van der Waals surface area contributed by atoms with E-state index in [1.54, 1.807) is 6.07 Å². The molecule has 0 aromatic heterocycles. The van der Waals surface area contributed by atoms with Crippen LogP contribution in [0.5, 0.6) is 5.75 Å². The molecule has 4 nitrogen and oxygen atoms in total. The van der Waals surface area contributed by atoms with Crippen molar-refractivity contribution >= 4 is 17.6 Å². The van der Waals surface area contributed by atoms with E-state index in [4.69, 9.17) is 26.2 Å². The second-order valence-corrected chi connectivity index (χ2v) is 4.30. The zero-order valence-electron chi connectivity index (χ0n) is 9.19. The van der Waals surface area contributed by atoms with Crippen molar-refractivity contribution in [3.8, 4) is 5.75 Å². The molecule has 1 aromatic carbocycles. The van der Waals surface area contributed by atoms with Gasteiger partial charge in [0.25, 0.3) is 0 Å². The molecule has 0 radical (unpaired) electrons. The van der Waals surface area contributed by atoms with E-state index in [0.29, 0.717) is 17.4 Å². The van der Waals surface area contributed by atoms with Crippen LogP contribution in [0.25, 0.3) is 0 Å². The molecule has 1 saturated heterocycles. The van der Waals surface area contributed by atoms with Crippen LogP contribution < -0.4 is 4.74 Å². The zero-order chi connectivity index (χ0) is 12.3. The number of rotatable bonds is 4. The van der Waals surface area contributed by atoms with E-state index in [1.807, 2.05) is 0 Å². The Morgan fingerprint density at radius 1 is 1.59 bits per heavy atom. The lowest BCUT2D eigenvalue weighted by Gasteiger charge is -2.12. The molecule has 0 aliphatic carbocycles. The molecular formula is C12H13ClO4. The van der Waals surface area contributed by atoms with E-state index < -0.39 is 5.97 Å². The van der Waals surface area contributed by atoms with Gasteiger partial charge in [0.15, 0.2) is 0 Å². The molecule has 0 saturated carbocycles. The summed E-state index contributed by atoms with van der Waals surface area (Å²) >= 11 is 5.93. The van der Waals surface area contributed by atoms with E-state index in [2.05, 4.69) is 0 Å². The van der Waals surface area contributed by atoms with Crippen molar-refractivity contribution in [1.82, 2.24) is 0 Å². The number of halogens is 1. The molecule has 1 atom stereocenters. The Bertz CT molecular complexity index is 413. The molecule has 0 amide bonds. The molecule has 1 aliphatic heterocycles. The van der Waals surface area contributed by atoms with Crippen molar-refractivity contribution in [3.05, 3.63) is 28.8 Å². The first-order valence-corrected chi connectivity index (χ1v) is 5.82. The van der Waals surface area contributed by atoms with Crippen LogP contribution in [0.4, 0.5) is 0 Å². The fraction of sp³-hybridized carbons (Fsp3) is 0.417. The SMILES string of the molecule is O=C(O)c1ccc(OCC2CCCO2)c(Cl)c1. The van der Waals surface area contributed by atoms with Gasteiger partial charge < -0.3 is 14.6 Å². The van der Waals surface area contributed by atoms with Gasteiger partial charge in [-0.2, -0.15) is 0 Å². The van der Waals surface area contributed by atoms with E-state index in [-0.39, 0.29) is 11.7 Å². The van der Waals surface area contributed by atoms with Crippen molar-refractivity contribution in [2.75, 3.05) is 13.2 Å². The lowest BCUT2D eigenvalue weighted by atomic mass is 10.2. The van der Waals surface area contributed by atoms with Gasteiger partial charge in [-0.3, -0.25) is 0 Å². The molecule has 1 N–H and O–H groups in total. The summed E-state index contributed by atoms with van der Waals surface area (Å²) in [7, 11) is 0. The Balaban J connectivity index is 1.98. The monoisotopic (exact) mass is 256 g/mol. The highest BCUT2D eigenvalue weighted by molar-refractivity contribution is 6.32. The first-order chi connectivity index (χ1) is 8.16. The Kier molecular flexibility index (Phi) is 3.86. The third-order valence-corrected chi connectivity index (χ3v) is 2.92. The number of ether oxygens (including phenoxy) is 2. The topological polar surface area (TPSA) is 55.8 Å². The maximum atomic E-state index is 10.7. The molecule has 1 unspecified atom stereocenters. The third-order valence-electron chi connectivity index (χ3n) is 2.63. The fourth-order valence-electron chi connectivity index (χ4n) is 1.71. The van der Waals surface area contributed by atoms with Gasteiger partial charge in [-0.15, -0.1) is 0 Å². The second-order valence-electron chi connectivity index (χ2n) is 3.90. The van der Waals surface area contributed by atoms with Crippen LogP contribution in [-0.2, 0) is 4.74 Å². The first-order valence-electron chi connectivity index (χ1n) is 5.44. The van der Waals surface area contributed by atoms with Crippen LogP contribution in [0, 0.1) is 0 Å². The van der Waals surface area contributed by atoms with Gasteiger partial charge in [-0.05, 0) is 31.0 Å². The number of carboxylic acid groups (broad SMARTS) is 1. The average molecular weight is 257 g/mol.